The Hall–Kier alpha value is -1.71. The van der Waals surface area contributed by atoms with Crippen molar-refractivity contribution in [1.82, 2.24) is 5.32 Å². The summed E-state index contributed by atoms with van der Waals surface area (Å²) >= 11 is 0. The van der Waals surface area contributed by atoms with E-state index in [0.717, 1.165) is 17.9 Å². The average molecular weight is 191 g/mol. The summed E-state index contributed by atoms with van der Waals surface area (Å²) < 4.78 is 0. The summed E-state index contributed by atoms with van der Waals surface area (Å²) in [4.78, 5) is 13.2. The Morgan fingerprint density at radius 1 is 1.36 bits per heavy atom. The molecule has 1 aromatic carbocycles. The zero-order valence-electron chi connectivity index (χ0n) is 7.86. The molecule has 0 aromatic heterocycles. The quantitative estimate of drug-likeness (QED) is 0.624. The molecule has 74 valence electrons. The number of rotatable bonds is 1. The van der Waals surface area contributed by atoms with Gasteiger partial charge in [0.25, 0.3) is 0 Å². The standard InChI is InChI=1S/C10H13N3O/c11-8-3-1-2-4-9(8)13-6-5-12-10(14)7-13/h1-4H,5-7,11H2,(H,12,14). The van der Waals surface area contributed by atoms with Gasteiger partial charge < -0.3 is 16.0 Å². The van der Waals surface area contributed by atoms with Gasteiger partial charge in [-0.1, -0.05) is 12.1 Å². The summed E-state index contributed by atoms with van der Waals surface area (Å²) in [6.07, 6.45) is 0. The lowest BCUT2D eigenvalue weighted by molar-refractivity contribution is -0.120. The van der Waals surface area contributed by atoms with Crippen LogP contribution in [0.5, 0.6) is 0 Å². The summed E-state index contributed by atoms with van der Waals surface area (Å²) in [7, 11) is 0. The average Bonchev–Trinajstić information content (AvgIpc) is 2.18. The van der Waals surface area contributed by atoms with Crippen molar-refractivity contribution >= 4 is 17.3 Å². The molecule has 1 fully saturated rings. The Labute approximate surface area is 82.7 Å². The third-order valence-electron chi connectivity index (χ3n) is 2.32. The molecule has 0 saturated carbocycles. The Kier molecular flexibility index (Phi) is 2.26. The van der Waals surface area contributed by atoms with E-state index in [9.17, 15) is 4.79 Å². The molecular formula is C10H13N3O. The fourth-order valence-electron chi connectivity index (χ4n) is 1.62. The third kappa shape index (κ3) is 1.64. The number of hydrogen-bond donors (Lipinski definition) is 2. The number of nitrogens with one attached hydrogen (secondary N) is 1. The lowest BCUT2D eigenvalue weighted by Crippen LogP contribution is -2.47. The van der Waals surface area contributed by atoms with Crippen LogP contribution in [-0.2, 0) is 4.79 Å². The molecule has 1 saturated heterocycles. The van der Waals surface area contributed by atoms with Crippen LogP contribution in [0, 0.1) is 0 Å². The Morgan fingerprint density at radius 2 is 2.14 bits per heavy atom. The van der Waals surface area contributed by atoms with Crippen molar-refractivity contribution in [1.29, 1.82) is 0 Å². The molecule has 14 heavy (non-hydrogen) atoms. The molecule has 0 atom stereocenters. The minimum Gasteiger partial charge on any atom is -0.397 e. The largest absolute Gasteiger partial charge is 0.397 e. The summed E-state index contributed by atoms with van der Waals surface area (Å²) in [5, 5.41) is 2.78. The minimum absolute atomic E-state index is 0.0551. The van der Waals surface area contributed by atoms with Gasteiger partial charge in [-0.05, 0) is 12.1 Å². The van der Waals surface area contributed by atoms with Crippen molar-refractivity contribution in [2.24, 2.45) is 0 Å². The number of carbonyl (C=O) groups is 1. The topological polar surface area (TPSA) is 58.4 Å². The van der Waals surface area contributed by atoms with Gasteiger partial charge in [-0.15, -0.1) is 0 Å². The van der Waals surface area contributed by atoms with Crippen molar-refractivity contribution in [3.8, 4) is 0 Å². The molecule has 1 aliphatic heterocycles. The van der Waals surface area contributed by atoms with Crippen molar-refractivity contribution in [2.45, 2.75) is 0 Å². The number of benzene rings is 1. The highest BCUT2D eigenvalue weighted by Gasteiger charge is 2.17. The number of amides is 1. The molecule has 0 spiro atoms. The number of para-hydroxylation sites is 2. The van der Waals surface area contributed by atoms with Crippen LogP contribution in [0.3, 0.4) is 0 Å². The summed E-state index contributed by atoms with van der Waals surface area (Å²) in [6.45, 7) is 1.90. The first-order valence-electron chi connectivity index (χ1n) is 4.63. The highest BCUT2D eigenvalue weighted by Crippen LogP contribution is 2.22. The highest BCUT2D eigenvalue weighted by atomic mass is 16.2. The van der Waals surface area contributed by atoms with Gasteiger partial charge in [0.2, 0.25) is 5.91 Å². The van der Waals surface area contributed by atoms with Gasteiger partial charge in [-0.3, -0.25) is 4.79 Å². The molecule has 3 N–H and O–H groups in total. The van der Waals surface area contributed by atoms with E-state index in [4.69, 9.17) is 5.73 Å². The normalized spacial score (nSPS) is 16.6. The van der Waals surface area contributed by atoms with Gasteiger partial charge in [-0.25, -0.2) is 0 Å². The van der Waals surface area contributed by atoms with Gasteiger partial charge in [0.1, 0.15) is 0 Å². The number of carbonyl (C=O) groups excluding carboxylic acids is 1. The van der Waals surface area contributed by atoms with Crippen molar-refractivity contribution < 1.29 is 4.79 Å². The Morgan fingerprint density at radius 3 is 2.86 bits per heavy atom. The van der Waals surface area contributed by atoms with Crippen LogP contribution in [0.2, 0.25) is 0 Å². The molecule has 0 aliphatic carbocycles. The van der Waals surface area contributed by atoms with E-state index >= 15 is 0 Å². The monoisotopic (exact) mass is 191 g/mol. The molecule has 0 bridgehead atoms. The molecule has 2 rings (SSSR count). The second-order valence-corrected chi connectivity index (χ2v) is 3.33. The first-order chi connectivity index (χ1) is 6.77. The number of nitrogens with zero attached hydrogens (tertiary/aromatic N) is 1. The third-order valence-corrected chi connectivity index (χ3v) is 2.32. The lowest BCUT2D eigenvalue weighted by atomic mass is 10.2. The van der Waals surface area contributed by atoms with E-state index in [-0.39, 0.29) is 5.91 Å². The van der Waals surface area contributed by atoms with Crippen LogP contribution in [0.15, 0.2) is 24.3 Å². The molecule has 0 unspecified atom stereocenters. The molecule has 1 amide bonds. The van der Waals surface area contributed by atoms with Gasteiger partial charge in [-0.2, -0.15) is 0 Å². The first kappa shape index (κ1) is 8.87. The maximum Gasteiger partial charge on any atom is 0.239 e. The van der Waals surface area contributed by atoms with Gasteiger partial charge in [0, 0.05) is 13.1 Å². The second-order valence-electron chi connectivity index (χ2n) is 3.33. The van der Waals surface area contributed by atoms with Crippen molar-refractivity contribution in [3.05, 3.63) is 24.3 Å². The smallest absolute Gasteiger partial charge is 0.239 e. The highest BCUT2D eigenvalue weighted by molar-refractivity contribution is 5.84. The van der Waals surface area contributed by atoms with Crippen LogP contribution in [0.4, 0.5) is 11.4 Å². The second kappa shape index (κ2) is 3.57. The minimum atomic E-state index is 0.0551. The first-order valence-corrected chi connectivity index (χ1v) is 4.63. The van der Waals surface area contributed by atoms with E-state index in [1.807, 2.05) is 29.2 Å². The van der Waals surface area contributed by atoms with Crippen LogP contribution in [0.1, 0.15) is 0 Å². The van der Waals surface area contributed by atoms with Crippen LogP contribution in [0.25, 0.3) is 0 Å². The van der Waals surface area contributed by atoms with Crippen LogP contribution >= 0.6 is 0 Å². The number of nitrogen functional groups attached to an aromatic ring is 1. The SMILES string of the molecule is Nc1ccccc1N1CCNC(=O)C1. The number of piperazine rings is 1. The van der Waals surface area contributed by atoms with Crippen LogP contribution < -0.4 is 16.0 Å². The van der Waals surface area contributed by atoms with Gasteiger partial charge >= 0.3 is 0 Å². The van der Waals surface area contributed by atoms with E-state index in [0.29, 0.717) is 13.1 Å². The zero-order valence-corrected chi connectivity index (χ0v) is 7.86. The summed E-state index contributed by atoms with van der Waals surface area (Å²) in [5.74, 6) is 0.0551. The molecule has 1 aliphatic rings. The summed E-state index contributed by atoms with van der Waals surface area (Å²) in [6, 6.07) is 7.61. The molecule has 4 nitrogen and oxygen atoms in total. The maximum absolute atomic E-state index is 11.2. The summed E-state index contributed by atoms with van der Waals surface area (Å²) in [5.41, 5.74) is 7.49. The van der Waals surface area contributed by atoms with E-state index < -0.39 is 0 Å². The molecule has 4 heteroatoms. The fraction of sp³-hybridized carbons (Fsp3) is 0.300. The number of nitrogens with two attached hydrogens (primary N) is 1. The molecular weight excluding hydrogens is 178 g/mol. The Bertz CT molecular complexity index is 351. The molecule has 0 radical (unpaired) electrons. The fourth-order valence-corrected chi connectivity index (χ4v) is 1.62. The predicted octanol–water partition coefficient (Wildman–Crippen LogP) is 0.205. The van der Waals surface area contributed by atoms with E-state index in [1.165, 1.54) is 0 Å². The Balaban J connectivity index is 2.22. The maximum atomic E-state index is 11.2. The van der Waals surface area contributed by atoms with Gasteiger partial charge in [0.15, 0.2) is 0 Å². The lowest BCUT2D eigenvalue weighted by Gasteiger charge is -2.29. The molecule has 1 aromatic rings. The van der Waals surface area contributed by atoms with E-state index in [2.05, 4.69) is 5.32 Å². The van der Waals surface area contributed by atoms with Crippen molar-refractivity contribution in [3.63, 3.8) is 0 Å². The van der Waals surface area contributed by atoms with Gasteiger partial charge in [0.05, 0.1) is 17.9 Å². The van der Waals surface area contributed by atoms with Crippen LogP contribution in [-0.4, -0.2) is 25.5 Å². The number of anilines is 2. The van der Waals surface area contributed by atoms with E-state index in [1.54, 1.807) is 0 Å². The number of hydrogen-bond acceptors (Lipinski definition) is 3. The van der Waals surface area contributed by atoms with Crippen molar-refractivity contribution in [2.75, 3.05) is 30.3 Å². The predicted molar refractivity (Wildman–Crippen MR) is 56.1 cm³/mol. The zero-order chi connectivity index (χ0) is 9.97. The molecule has 1 heterocycles.